The van der Waals surface area contributed by atoms with E-state index in [1.54, 1.807) is 6.20 Å². The van der Waals surface area contributed by atoms with Crippen molar-refractivity contribution in [3.05, 3.63) is 34.2 Å². The molecule has 1 aromatic heterocycles. The summed E-state index contributed by atoms with van der Waals surface area (Å²) in [5.74, 6) is 0. The van der Waals surface area contributed by atoms with Crippen LogP contribution in [0.1, 0.15) is 18.5 Å². The Balaban J connectivity index is 2.49. The summed E-state index contributed by atoms with van der Waals surface area (Å²) in [6, 6.07) is 5.19. The average Bonchev–Trinajstić information content (AvgIpc) is 2.84. The molecule has 0 aliphatic heterocycles. The number of rotatable bonds is 1. The molecule has 0 aromatic carbocycles. The van der Waals surface area contributed by atoms with Crippen molar-refractivity contribution < 1.29 is 0 Å². The second-order valence-corrected chi connectivity index (χ2v) is 3.13. The second kappa shape index (κ2) is 2.21. The van der Waals surface area contributed by atoms with Crippen LogP contribution in [0.25, 0.3) is 0 Å². The molecule has 1 saturated carbocycles. The standard InChI is InChI=1S/C9H8N2O/c10-6-9(2-3-9)8-5-7(12)1-4-11-8/h1,4-5H,2-3H2,(H,11,12). The zero-order chi connectivity index (χ0) is 8.60. The maximum atomic E-state index is 11.0. The van der Waals surface area contributed by atoms with E-state index in [9.17, 15) is 4.79 Å². The Hall–Kier alpha value is -1.56. The van der Waals surface area contributed by atoms with E-state index < -0.39 is 0 Å². The van der Waals surface area contributed by atoms with Gasteiger partial charge in [0, 0.05) is 24.0 Å². The van der Waals surface area contributed by atoms with Crippen LogP contribution in [0.15, 0.2) is 23.1 Å². The van der Waals surface area contributed by atoms with Crippen LogP contribution < -0.4 is 5.43 Å². The van der Waals surface area contributed by atoms with Crippen LogP contribution in [0, 0.1) is 11.3 Å². The Morgan fingerprint density at radius 3 is 2.83 bits per heavy atom. The molecule has 0 spiro atoms. The maximum Gasteiger partial charge on any atom is 0.181 e. The van der Waals surface area contributed by atoms with Crippen molar-refractivity contribution in [3.8, 4) is 6.07 Å². The van der Waals surface area contributed by atoms with E-state index in [0.717, 1.165) is 18.5 Å². The first-order valence-corrected chi connectivity index (χ1v) is 3.87. The SMILES string of the molecule is N#CC1(c2cc(=O)cc[nH]2)CC1. The monoisotopic (exact) mass is 160 g/mol. The molecule has 0 bridgehead atoms. The molecule has 1 aliphatic rings. The Morgan fingerprint density at radius 2 is 2.33 bits per heavy atom. The van der Waals surface area contributed by atoms with Gasteiger partial charge >= 0.3 is 0 Å². The fraction of sp³-hybridized carbons (Fsp3) is 0.333. The Labute approximate surface area is 69.7 Å². The van der Waals surface area contributed by atoms with E-state index in [2.05, 4.69) is 11.1 Å². The zero-order valence-electron chi connectivity index (χ0n) is 6.50. The fourth-order valence-electron chi connectivity index (χ4n) is 1.29. The molecule has 0 saturated heterocycles. The molecule has 0 amide bonds. The van der Waals surface area contributed by atoms with Gasteiger partial charge in [-0.3, -0.25) is 4.79 Å². The summed E-state index contributed by atoms with van der Waals surface area (Å²) in [5, 5.41) is 8.83. The minimum Gasteiger partial charge on any atom is -0.363 e. The molecular formula is C9H8N2O. The summed E-state index contributed by atoms with van der Waals surface area (Å²) < 4.78 is 0. The second-order valence-electron chi connectivity index (χ2n) is 3.13. The first kappa shape index (κ1) is 7.11. The van der Waals surface area contributed by atoms with Gasteiger partial charge in [0.1, 0.15) is 0 Å². The third-order valence-electron chi connectivity index (χ3n) is 2.25. The van der Waals surface area contributed by atoms with Gasteiger partial charge in [0.25, 0.3) is 0 Å². The van der Waals surface area contributed by atoms with Crippen molar-refractivity contribution >= 4 is 0 Å². The number of H-pyrrole nitrogens is 1. The van der Waals surface area contributed by atoms with Crippen molar-refractivity contribution in [2.24, 2.45) is 0 Å². The van der Waals surface area contributed by atoms with E-state index in [1.165, 1.54) is 12.1 Å². The molecule has 60 valence electrons. The molecular weight excluding hydrogens is 152 g/mol. The molecule has 1 aliphatic carbocycles. The van der Waals surface area contributed by atoms with Crippen LogP contribution in [0.4, 0.5) is 0 Å². The average molecular weight is 160 g/mol. The molecule has 1 fully saturated rings. The van der Waals surface area contributed by atoms with Crippen LogP contribution in [0.5, 0.6) is 0 Å². The highest BCUT2D eigenvalue weighted by atomic mass is 16.1. The van der Waals surface area contributed by atoms with Crippen LogP contribution in [0.2, 0.25) is 0 Å². The maximum absolute atomic E-state index is 11.0. The van der Waals surface area contributed by atoms with Gasteiger partial charge in [-0.2, -0.15) is 5.26 Å². The summed E-state index contributed by atoms with van der Waals surface area (Å²) in [6.07, 6.45) is 3.32. The number of nitriles is 1. The number of hydrogen-bond acceptors (Lipinski definition) is 2. The van der Waals surface area contributed by atoms with Crippen molar-refractivity contribution in [1.29, 1.82) is 5.26 Å². The van der Waals surface area contributed by atoms with Gasteiger partial charge in [0.2, 0.25) is 0 Å². The zero-order valence-corrected chi connectivity index (χ0v) is 6.50. The third kappa shape index (κ3) is 0.928. The van der Waals surface area contributed by atoms with E-state index in [4.69, 9.17) is 5.26 Å². The van der Waals surface area contributed by atoms with E-state index in [0.29, 0.717) is 0 Å². The van der Waals surface area contributed by atoms with Crippen LogP contribution in [0.3, 0.4) is 0 Å². The Kier molecular flexibility index (Phi) is 1.31. The van der Waals surface area contributed by atoms with Gasteiger partial charge in [-0.1, -0.05) is 0 Å². The normalized spacial score (nSPS) is 18.2. The van der Waals surface area contributed by atoms with Gasteiger partial charge in [0.05, 0.1) is 11.5 Å². The topological polar surface area (TPSA) is 56.6 Å². The first-order valence-electron chi connectivity index (χ1n) is 3.87. The van der Waals surface area contributed by atoms with E-state index >= 15 is 0 Å². The third-order valence-corrected chi connectivity index (χ3v) is 2.25. The number of pyridine rings is 1. The van der Waals surface area contributed by atoms with Crippen molar-refractivity contribution in [2.75, 3.05) is 0 Å². The van der Waals surface area contributed by atoms with Crippen molar-refractivity contribution in [3.63, 3.8) is 0 Å². The summed E-state index contributed by atoms with van der Waals surface area (Å²) in [6.45, 7) is 0. The molecule has 12 heavy (non-hydrogen) atoms. The molecule has 1 N–H and O–H groups in total. The summed E-state index contributed by atoms with van der Waals surface area (Å²) >= 11 is 0. The minimum absolute atomic E-state index is 0.0368. The van der Waals surface area contributed by atoms with Gasteiger partial charge in [-0.15, -0.1) is 0 Å². The summed E-state index contributed by atoms with van der Waals surface area (Å²) in [4.78, 5) is 13.9. The molecule has 3 nitrogen and oxygen atoms in total. The highest BCUT2D eigenvalue weighted by Gasteiger charge is 2.45. The number of nitrogens with one attached hydrogen (secondary N) is 1. The highest BCUT2D eigenvalue weighted by molar-refractivity contribution is 5.33. The molecule has 3 heteroatoms. The van der Waals surface area contributed by atoms with Crippen LogP contribution >= 0.6 is 0 Å². The molecule has 2 rings (SSSR count). The number of aromatic nitrogens is 1. The first-order chi connectivity index (χ1) is 5.77. The van der Waals surface area contributed by atoms with Gasteiger partial charge < -0.3 is 4.98 Å². The summed E-state index contributed by atoms with van der Waals surface area (Å²) in [5.41, 5.74) is 0.350. The van der Waals surface area contributed by atoms with E-state index in [1.807, 2.05) is 0 Å². The van der Waals surface area contributed by atoms with E-state index in [-0.39, 0.29) is 10.8 Å². The number of nitrogens with zero attached hydrogens (tertiary/aromatic N) is 1. The van der Waals surface area contributed by atoms with Gasteiger partial charge in [-0.25, -0.2) is 0 Å². The molecule has 1 heterocycles. The summed E-state index contributed by atoms with van der Waals surface area (Å²) in [7, 11) is 0. The minimum atomic E-state index is -0.375. The lowest BCUT2D eigenvalue weighted by Crippen LogP contribution is -2.10. The predicted octanol–water partition coefficient (Wildman–Crippen LogP) is 0.930. The lowest BCUT2D eigenvalue weighted by Gasteiger charge is -2.03. The number of aromatic amines is 1. The Bertz CT molecular complexity index is 395. The lowest BCUT2D eigenvalue weighted by atomic mass is 10.0. The molecule has 0 radical (unpaired) electrons. The van der Waals surface area contributed by atoms with Gasteiger partial charge in [-0.05, 0) is 12.8 Å². The quantitative estimate of drug-likeness (QED) is 0.664. The van der Waals surface area contributed by atoms with Crippen LogP contribution in [-0.4, -0.2) is 4.98 Å². The smallest absolute Gasteiger partial charge is 0.181 e. The fourth-order valence-corrected chi connectivity index (χ4v) is 1.29. The van der Waals surface area contributed by atoms with Crippen molar-refractivity contribution in [1.82, 2.24) is 4.98 Å². The highest BCUT2D eigenvalue weighted by Crippen LogP contribution is 2.45. The van der Waals surface area contributed by atoms with Crippen LogP contribution in [-0.2, 0) is 5.41 Å². The van der Waals surface area contributed by atoms with Gasteiger partial charge in [0.15, 0.2) is 5.43 Å². The predicted molar refractivity (Wildman–Crippen MR) is 43.6 cm³/mol. The van der Waals surface area contributed by atoms with Crippen molar-refractivity contribution in [2.45, 2.75) is 18.3 Å². The molecule has 1 aromatic rings. The Morgan fingerprint density at radius 1 is 1.58 bits per heavy atom. The lowest BCUT2D eigenvalue weighted by molar-refractivity contribution is 0.851. The largest absolute Gasteiger partial charge is 0.363 e. The number of hydrogen-bond donors (Lipinski definition) is 1. The molecule has 0 unspecified atom stereocenters. The molecule has 0 atom stereocenters.